The van der Waals surface area contributed by atoms with Gasteiger partial charge in [-0.3, -0.25) is 19.2 Å². The van der Waals surface area contributed by atoms with Gasteiger partial charge < -0.3 is 43.0 Å². The molecule has 15 nitrogen and oxygen atoms in total. The molecule has 0 aromatic heterocycles. The molecule has 8 rings (SSSR count). The Hall–Kier alpha value is -5.57. The quantitative estimate of drug-likeness (QED) is 0.0630. The maximum Gasteiger partial charge on any atom is 0.338 e. The zero-order valence-electron chi connectivity index (χ0n) is 49.8. The number of rotatable bonds is 15. The minimum atomic E-state index is -3.13. The summed E-state index contributed by atoms with van der Waals surface area (Å²) in [7, 11) is -5.82. The zero-order valence-corrected chi connectivity index (χ0v) is 51.8. The number of hydrogen-bond donors (Lipinski definition) is 2. The van der Waals surface area contributed by atoms with Crippen LogP contribution in [0.5, 0.6) is 0 Å². The van der Waals surface area contributed by atoms with Crippen molar-refractivity contribution < 1.29 is 66.4 Å². The molecular weight excluding hydrogens is 1060 g/mol. The lowest BCUT2D eigenvalue weighted by Crippen LogP contribution is -2.82. The van der Waals surface area contributed by atoms with Gasteiger partial charge in [-0.2, -0.15) is 0 Å². The maximum absolute atomic E-state index is 16.8. The number of aliphatic hydroxyl groups is 1. The van der Waals surface area contributed by atoms with E-state index < -0.39 is 129 Å². The number of Topliss-reactive ketones (excluding diaryl/α,β-unsaturated/α-hetero) is 1. The van der Waals surface area contributed by atoms with Gasteiger partial charge in [0.2, 0.25) is 8.32 Å². The van der Waals surface area contributed by atoms with Crippen LogP contribution in [0.2, 0.25) is 34.8 Å². The maximum atomic E-state index is 16.8. The summed E-state index contributed by atoms with van der Waals surface area (Å²) in [4.78, 5) is 91.7. The van der Waals surface area contributed by atoms with Gasteiger partial charge in [-0.1, -0.05) is 149 Å². The number of ether oxygens (including phenoxy) is 5. The molecule has 3 aromatic rings. The van der Waals surface area contributed by atoms with E-state index in [4.69, 9.17) is 32.5 Å². The van der Waals surface area contributed by atoms with Crippen LogP contribution in [0.25, 0.3) is 6.08 Å². The van der Waals surface area contributed by atoms with Crippen LogP contribution < -0.4 is 5.32 Å². The molecule has 17 heteroatoms. The third-order valence-electron chi connectivity index (χ3n) is 19.5. The first-order valence-corrected chi connectivity index (χ1v) is 33.8. The van der Waals surface area contributed by atoms with Crippen molar-refractivity contribution in [1.82, 2.24) is 5.32 Å². The Morgan fingerprint density at radius 3 is 1.93 bits per heavy atom. The van der Waals surface area contributed by atoms with Gasteiger partial charge in [-0.15, -0.1) is 0 Å². The van der Waals surface area contributed by atoms with E-state index in [9.17, 15) is 14.7 Å². The van der Waals surface area contributed by atoms with Gasteiger partial charge in [0.25, 0.3) is 5.91 Å². The zero-order chi connectivity index (χ0) is 59.2. The largest absolute Gasteiger partial charge is 0.456 e. The highest BCUT2D eigenvalue weighted by Gasteiger charge is 2.79. The van der Waals surface area contributed by atoms with Crippen molar-refractivity contribution in [3.05, 3.63) is 124 Å². The molecule has 3 aliphatic carbocycles. The van der Waals surface area contributed by atoms with Crippen LogP contribution >= 0.6 is 0 Å². The molecule has 1 saturated heterocycles. The van der Waals surface area contributed by atoms with E-state index >= 15 is 19.2 Å². The van der Waals surface area contributed by atoms with E-state index in [0.29, 0.717) is 40.4 Å². The minimum Gasteiger partial charge on any atom is -0.456 e. The van der Waals surface area contributed by atoms with Crippen LogP contribution in [0.1, 0.15) is 154 Å². The number of amides is 1. The Morgan fingerprint density at radius 1 is 0.790 bits per heavy atom. The number of carbonyl (C=O) groups excluding carboxylic acids is 6. The fourth-order valence-corrected chi connectivity index (χ4v) is 23.3. The molecule has 438 valence electrons. The second-order valence-corrected chi connectivity index (χ2v) is 34.9. The summed E-state index contributed by atoms with van der Waals surface area (Å²) < 4.78 is 48.6. The van der Waals surface area contributed by atoms with E-state index in [1.54, 1.807) is 113 Å². The van der Waals surface area contributed by atoms with Gasteiger partial charge in [-0.05, 0) is 95.1 Å². The second kappa shape index (κ2) is 23.6. The molecule has 1 amide bonds. The highest BCUT2D eigenvalue weighted by Crippen LogP contribution is 2.65. The number of fused-ring (bicyclic) bond motifs is 3. The van der Waals surface area contributed by atoms with Crippen molar-refractivity contribution in [2.24, 2.45) is 16.7 Å². The number of carbonyl (C=O) groups is 6. The van der Waals surface area contributed by atoms with E-state index in [0.717, 1.165) is 0 Å². The molecule has 2 aliphatic heterocycles. The SMILES string of the molecule is CC[Si](CC)(CC)OC1CC2OCC23OC(=O)C/C=C\c2ccccc2C(NC(=O)c2ccccc2)C(O[Si](C(C)C)(C(C)C)C(C)C)C(=O)OC2CC4(O)C(OC(=O)c5ccccc5)C3C1(C)C(=O)C(OC(C)=O)C(=C2C)C4(C)C. The summed E-state index contributed by atoms with van der Waals surface area (Å²) in [5, 5.41) is 17.8. The van der Waals surface area contributed by atoms with Crippen molar-refractivity contribution in [3.63, 3.8) is 0 Å². The lowest BCUT2D eigenvalue weighted by atomic mass is 9.44. The molecule has 11 atom stereocenters. The number of nitrogens with one attached hydrogen (secondary N) is 1. The van der Waals surface area contributed by atoms with Crippen LogP contribution in [0.4, 0.5) is 0 Å². The number of benzene rings is 3. The normalized spacial score (nSPS) is 30.7. The highest BCUT2D eigenvalue weighted by molar-refractivity contribution is 6.77. The third-order valence-corrected chi connectivity index (χ3v) is 30.2. The fourth-order valence-electron chi connectivity index (χ4n) is 14.9. The summed E-state index contributed by atoms with van der Waals surface area (Å²) in [5.74, 6) is -5.80. The number of hydrogen-bond acceptors (Lipinski definition) is 14. The van der Waals surface area contributed by atoms with Crippen LogP contribution in [-0.4, -0.2) is 112 Å². The van der Waals surface area contributed by atoms with Crippen molar-refractivity contribution in [1.29, 1.82) is 0 Å². The predicted molar refractivity (Wildman–Crippen MR) is 312 cm³/mol. The molecule has 3 aromatic carbocycles. The highest BCUT2D eigenvalue weighted by atomic mass is 28.4. The summed E-state index contributed by atoms with van der Waals surface area (Å²) in [5.41, 5.74) is -5.80. The van der Waals surface area contributed by atoms with Crippen LogP contribution in [0, 0.1) is 16.7 Å². The molecule has 2 heterocycles. The van der Waals surface area contributed by atoms with Crippen LogP contribution in [-0.2, 0) is 51.7 Å². The average Bonchev–Trinajstić information content (AvgIpc) is 0.893. The molecule has 81 heavy (non-hydrogen) atoms. The van der Waals surface area contributed by atoms with E-state index in [-0.39, 0.29) is 47.2 Å². The van der Waals surface area contributed by atoms with Crippen LogP contribution in [0.15, 0.2) is 102 Å². The molecule has 1 spiro atoms. The molecule has 3 fully saturated rings. The summed E-state index contributed by atoms with van der Waals surface area (Å²) in [6.45, 7) is 26.5. The average molecular weight is 1150 g/mol. The minimum absolute atomic E-state index is 0.0627. The Balaban J connectivity index is 1.47. The smallest absolute Gasteiger partial charge is 0.338 e. The molecule has 2 saturated carbocycles. The second-order valence-electron chi connectivity index (χ2n) is 24.8. The van der Waals surface area contributed by atoms with Crippen molar-refractivity contribution in [2.75, 3.05) is 6.61 Å². The predicted octanol–water partition coefficient (Wildman–Crippen LogP) is 11.4. The summed E-state index contributed by atoms with van der Waals surface area (Å²) >= 11 is 0. The molecule has 11 unspecified atom stereocenters. The van der Waals surface area contributed by atoms with Gasteiger partial charge >= 0.3 is 23.9 Å². The van der Waals surface area contributed by atoms with E-state index in [1.165, 1.54) is 6.92 Å². The molecule has 5 aliphatic rings. The van der Waals surface area contributed by atoms with Crippen molar-refractivity contribution in [2.45, 2.75) is 205 Å². The Labute approximate surface area is 480 Å². The first kappa shape index (κ1) is 61.5. The lowest BCUT2D eigenvalue weighted by Gasteiger charge is -2.68. The van der Waals surface area contributed by atoms with Crippen molar-refractivity contribution >= 4 is 58.3 Å². The first-order valence-electron chi connectivity index (χ1n) is 29.1. The summed E-state index contributed by atoms with van der Waals surface area (Å²) in [6, 6.07) is 25.0. The third kappa shape index (κ3) is 10.7. The van der Waals surface area contributed by atoms with Gasteiger partial charge in [0.05, 0.1) is 42.1 Å². The molecular formula is C64H85NO14Si2. The Bertz CT molecular complexity index is 2890. The molecule has 4 bridgehead atoms. The monoisotopic (exact) mass is 1150 g/mol. The Morgan fingerprint density at radius 2 is 1.37 bits per heavy atom. The number of esters is 4. The van der Waals surface area contributed by atoms with Gasteiger partial charge in [-0.25, -0.2) is 9.59 Å². The first-order chi connectivity index (χ1) is 38.2. The lowest BCUT2D eigenvalue weighted by molar-refractivity contribution is -0.345. The Kier molecular flexibility index (Phi) is 17.9. The molecule has 2 N–H and O–H groups in total. The standard InChI is InChI=1S/C64H85NO14Si2/c1-15-80(16-2,17-3)78-48-35-49-63(37-73-49)55-57(76-59(70)45-30-22-19-23-31-45)64(72)36-47(41(10)51(61(64,12)13)53(74-42(11)66)56(68)62(48,55)14)75-60(71)54(79-81(38(4)5,39(6)7)40(8)9)52(65-58(69)44-28-20-18-21-29-44)46-33-25-24-27-43(46)32-26-34-50(67)77-63/h18-33,38-40,47-49,52-55,57,72H,15-17,34-37H2,1-14H3,(H,65,69)/b32-26-. The summed E-state index contributed by atoms with van der Waals surface area (Å²) in [6.07, 6.45) is -5.66. The topological polar surface area (TPSA) is 199 Å². The number of ketones is 1. The van der Waals surface area contributed by atoms with Gasteiger partial charge in [0, 0.05) is 30.7 Å². The fraction of sp³-hybridized carbons (Fsp3) is 0.562. The van der Waals surface area contributed by atoms with Crippen molar-refractivity contribution in [3.8, 4) is 0 Å². The van der Waals surface area contributed by atoms with Crippen LogP contribution in [0.3, 0.4) is 0 Å². The van der Waals surface area contributed by atoms with Gasteiger partial charge in [0.1, 0.15) is 23.9 Å². The van der Waals surface area contributed by atoms with E-state index in [1.807, 2.05) is 12.1 Å². The van der Waals surface area contributed by atoms with Gasteiger partial charge in [0.15, 0.2) is 31.9 Å². The van der Waals surface area contributed by atoms with E-state index in [2.05, 4.69) is 67.6 Å². The molecule has 0 radical (unpaired) electrons.